The summed E-state index contributed by atoms with van der Waals surface area (Å²) >= 11 is 0. The van der Waals surface area contributed by atoms with Crippen molar-refractivity contribution in [2.75, 3.05) is 11.9 Å². The lowest BCUT2D eigenvalue weighted by Crippen LogP contribution is -2.33. The molecule has 2 heterocycles. The lowest BCUT2D eigenvalue weighted by Gasteiger charge is -2.10. The number of hydrogen-bond donors (Lipinski definition) is 2. The van der Waals surface area contributed by atoms with Crippen molar-refractivity contribution in [2.24, 2.45) is 7.05 Å². The Morgan fingerprint density at radius 2 is 1.89 bits per heavy atom. The van der Waals surface area contributed by atoms with Crippen molar-refractivity contribution in [1.29, 1.82) is 0 Å². The number of halogens is 3. The first-order chi connectivity index (χ1) is 13.2. The zero-order chi connectivity index (χ0) is 20.3. The number of benzene rings is 1. The molecule has 7 nitrogen and oxygen atoms in total. The van der Waals surface area contributed by atoms with Gasteiger partial charge in [0.05, 0.1) is 17.6 Å². The van der Waals surface area contributed by atoms with E-state index in [0.717, 1.165) is 11.3 Å². The Labute approximate surface area is 158 Å². The van der Waals surface area contributed by atoms with Gasteiger partial charge < -0.3 is 10.6 Å². The zero-order valence-electron chi connectivity index (χ0n) is 15.1. The molecule has 1 amide bonds. The number of alkyl halides is 3. The second-order valence-corrected chi connectivity index (χ2v) is 6.13. The normalized spacial score (nSPS) is 11.3. The van der Waals surface area contributed by atoms with Gasteiger partial charge in [0.15, 0.2) is 0 Å². The highest BCUT2D eigenvalue weighted by Gasteiger charge is 2.27. The molecule has 2 aromatic heterocycles. The summed E-state index contributed by atoms with van der Waals surface area (Å²) in [5.41, 5.74) is 3.03. The Bertz CT molecular complexity index is 982. The summed E-state index contributed by atoms with van der Waals surface area (Å²) < 4.78 is 38.3. The molecule has 0 aliphatic carbocycles. The minimum Gasteiger partial charge on any atom is -0.343 e. The molecule has 3 rings (SSSR count). The molecule has 0 spiro atoms. The molecule has 0 saturated carbocycles. The van der Waals surface area contributed by atoms with Crippen molar-refractivity contribution in [3.8, 4) is 11.3 Å². The van der Waals surface area contributed by atoms with Crippen LogP contribution in [0.25, 0.3) is 11.3 Å². The van der Waals surface area contributed by atoms with Crippen LogP contribution in [0.15, 0.2) is 42.9 Å². The van der Waals surface area contributed by atoms with E-state index in [9.17, 15) is 18.0 Å². The van der Waals surface area contributed by atoms with Crippen LogP contribution in [0.2, 0.25) is 0 Å². The number of carbonyl (C=O) groups is 1. The van der Waals surface area contributed by atoms with Gasteiger partial charge in [-0.25, -0.2) is 9.97 Å². The van der Waals surface area contributed by atoms with Gasteiger partial charge in [-0.05, 0) is 24.6 Å². The molecule has 3 aromatic rings. The number of anilines is 2. The predicted molar refractivity (Wildman–Crippen MR) is 97.1 cm³/mol. The van der Waals surface area contributed by atoms with E-state index >= 15 is 0 Å². The largest absolute Gasteiger partial charge is 0.405 e. The molecule has 2 N–H and O–H groups in total. The minimum absolute atomic E-state index is 0.133. The first-order valence-electron chi connectivity index (χ1n) is 8.26. The molecule has 1 aromatic carbocycles. The number of amides is 1. The third-order valence-corrected chi connectivity index (χ3v) is 3.80. The van der Waals surface area contributed by atoms with Crippen LogP contribution < -0.4 is 10.6 Å². The predicted octanol–water partition coefficient (Wildman–Crippen LogP) is 3.22. The molecule has 0 unspecified atom stereocenters. The number of nitrogens with one attached hydrogen (secondary N) is 2. The molecule has 0 aliphatic heterocycles. The van der Waals surface area contributed by atoms with Crippen LogP contribution in [-0.2, 0) is 7.05 Å². The fraction of sp³-hybridized carbons (Fsp3) is 0.222. The van der Waals surface area contributed by atoms with Crippen molar-refractivity contribution in [3.63, 3.8) is 0 Å². The van der Waals surface area contributed by atoms with Gasteiger partial charge in [0.2, 0.25) is 5.95 Å². The van der Waals surface area contributed by atoms with Crippen molar-refractivity contribution in [2.45, 2.75) is 13.1 Å². The highest BCUT2D eigenvalue weighted by atomic mass is 19.4. The van der Waals surface area contributed by atoms with E-state index in [1.807, 2.05) is 12.2 Å². The molecule has 28 heavy (non-hydrogen) atoms. The van der Waals surface area contributed by atoms with Gasteiger partial charge in [0, 0.05) is 30.6 Å². The molecule has 0 fully saturated rings. The summed E-state index contributed by atoms with van der Waals surface area (Å²) in [7, 11) is 1.79. The van der Waals surface area contributed by atoms with Crippen LogP contribution in [-0.4, -0.2) is 38.4 Å². The highest BCUT2D eigenvalue weighted by Crippen LogP contribution is 2.23. The number of aromatic nitrogens is 4. The van der Waals surface area contributed by atoms with Crippen molar-refractivity contribution in [1.82, 2.24) is 25.1 Å². The summed E-state index contributed by atoms with van der Waals surface area (Å²) in [5.74, 6) is -0.414. The first kappa shape index (κ1) is 19.3. The monoisotopic (exact) mass is 390 g/mol. The average Bonchev–Trinajstić information content (AvgIpc) is 3.05. The lowest BCUT2D eigenvalue weighted by atomic mass is 10.1. The highest BCUT2D eigenvalue weighted by molar-refractivity contribution is 5.94. The molecule has 0 radical (unpaired) electrons. The Morgan fingerprint density at radius 3 is 2.50 bits per heavy atom. The number of carbonyl (C=O) groups excluding carboxylic acids is 1. The maximum atomic E-state index is 12.2. The maximum Gasteiger partial charge on any atom is 0.405 e. The van der Waals surface area contributed by atoms with E-state index in [0.29, 0.717) is 17.2 Å². The molecule has 146 valence electrons. The number of aryl methyl sites for hydroxylation is 2. The first-order valence-corrected chi connectivity index (χ1v) is 8.26. The number of rotatable bonds is 5. The summed E-state index contributed by atoms with van der Waals surface area (Å²) in [5, 5.41) is 8.94. The van der Waals surface area contributed by atoms with E-state index in [4.69, 9.17) is 0 Å². The van der Waals surface area contributed by atoms with Crippen LogP contribution in [0.3, 0.4) is 0 Å². The van der Waals surface area contributed by atoms with Gasteiger partial charge in [-0.15, -0.1) is 0 Å². The topological polar surface area (TPSA) is 84.7 Å². The quantitative estimate of drug-likeness (QED) is 0.699. The summed E-state index contributed by atoms with van der Waals surface area (Å²) in [6.07, 6.45) is 0.616. The van der Waals surface area contributed by atoms with E-state index in [-0.39, 0.29) is 5.56 Å². The maximum absolute atomic E-state index is 12.2. The van der Waals surface area contributed by atoms with Crippen LogP contribution in [0.4, 0.5) is 24.8 Å². The molecular formula is C18H17F3N6O. The van der Waals surface area contributed by atoms with E-state index in [2.05, 4.69) is 20.4 Å². The molecule has 0 bridgehead atoms. The van der Waals surface area contributed by atoms with Gasteiger partial charge >= 0.3 is 6.18 Å². The average molecular weight is 390 g/mol. The molecular weight excluding hydrogens is 373 g/mol. The van der Waals surface area contributed by atoms with Gasteiger partial charge in [0.25, 0.3) is 5.91 Å². The van der Waals surface area contributed by atoms with Crippen LogP contribution in [0, 0.1) is 6.92 Å². The van der Waals surface area contributed by atoms with E-state index in [1.54, 1.807) is 42.5 Å². The second kappa shape index (κ2) is 7.67. The van der Waals surface area contributed by atoms with Crippen molar-refractivity contribution >= 4 is 17.5 Å². The summed E-state index contributed by atoms with van der Waals surface area (Å²) in [4.78, 5) is 20.5. The third kappa shape index (κ3) is 4.84. The molecule has 10 heteroatoms. The van der Waals surface area contributed by atoms with Crippen LogP contribution in [0.1, 0.15) is 15.9 Å². The van der Waals surface area contributed by atoms with Gasteiger partial charge in [-0.2, -0.15) is 18.3 Å². The zero-order valence-corrected chi connectivity index (χ0v) is 15.1. The summed E-state index contributed by atoms with van der Waals surface area (Å²) in [6, 6.07) is 6.17. The van der Waals surface area contributed by atoms with Crippen molar-refractivity contribution < 1.29 is 18.0 Å². The van der Waals surface area contributed by atoms with E-state index in [1.165, 1.54) is 12.1 Å². The van der Waals surface area contributed by atoms with Crippen LogP contribution >= 0.6 is 0 Å². The number of nitrogens with zero attached hydrogens (tertiary/aromatic N) is 4. The Balaban J connectivity index is 1.77. The van der Waals surface area contributed by atoms with Gasteiger partial charge in [0.1, 0.15) is 6.54 Å². The Kier molecular flexibility index (Phi) is 5.30. The smallest absolute Gasteiger partial charge is 0.343 e. The summed E-state index contributed by atoms with van der Waals surface area (Å²) in [6.45, 7) is 0.467. The Morgan fingerprint density at radius 1 is 1.18 bits per heavy atom. The molecule has 0 atom stereocenters. The SMILES string of the molecule is Cc1cnc(Nc2cnn(C)c2)nc1-c1ccc(C(=O)NCC(F)(F)F)cc1. The van der Waals surface area contributed by atoms with Gasteiger partial charge in [-0.1, -0.05) is 12.1 Å². The second-order valence-electron chi connectivity index (χ2n) is 6.13. The molecule has 0 aliphatic rings. The number of hydrogen-bond acceptors (Lipinski definition) is 5. The van der Waals surface area contributed by atoms with E-state index < -0.39 is 18.6 Å². The standard InChI is InChI=1S/C18H17F3N6O/c1-11-7-22-17(25-14-8-24-27(2)9-14)26-15(11)12-3-5-13(6-4-12)16(28)23-10-18(19,20)21/h3-9H,10H2,1-2H3,(H,23,28)(H,22,25,26). The fourth-order valence-electron chi connectivity index (χ4n) is 2.47. The Hall–Kier alpha value is -3.43. The minimum atomic E-state index is -4.45. The van der Waals surface area contributed by atoms with Gasteiger partial charge in [-0.3, -0.25) is 9.48 Å². The van der Waals surface area contributed by atoms with Crippen molar-refractivity contribution in [3.05, 3.63) is 54.0 Å². The third-order valence-electron chi connectivity index (χ3n) is 3.80. The fourth-order valence-corrected chi connectivity index (χ4v) is 2.47. The lowest BCUT2D eigenvalue weighted by molar-refractivity contribution is -0.123. The molecule has 0 saturated heterocycles. The van der Waals surface area contributed by atoms with Crippen LogP contribution in [0.5, 0.6) is 0 Å².